The minimum atomic E-state index is -5.27. The molecule has 0 spiro atoms. The molecule has 0 aliphatic rings. The molecule has 1 N–H and O–H groups in total. The summed E-state index contributed by atoms with van der Waals surface area (Å²) in [4.78, 5) is 13.7. The lowest BCUT2D eigenvalue weighted by atomic mass is 10.1. The number of hydrogen-bond acceptors (Lipinski definition) is 4. The van der Waals surface area contributed by atoms with E-state index in [0.29, 0.717) is 6.20 Å². The largest absolute Gasteiger partial charge is 0.573 e. The van der Waals surface area contributed by atoms with Crippen LogP contribution < -0.4 is 9.47 Å². The average Bonchev–Trinajstić information content (AvgIpc) is 2.28. The van der Waals surface area contributed by atoms with Gasteiger partial charge < -0.3 is 14.6 Å². The lowest BCUT2D eigenvalue weighted by Gasteiger charge is -2.17. The second-order valence-electron chi connectivity index (χ2n) is 3.44. The monoisotopic (exact) mass is 301 g/mol. The van der Waals surface area contributed by atoms with Crippen molar-refractivity contribution in [3.05, 3.63) is 17.5 Å². The van der Waals surface area contributed by atoms with Gasteiger partial charge in [-0.2, -0.15) is 0 Å². The number of alkyl halides is 5. The number of carbonyl (C=O) groups is 1. The van der Waals surface area contributed by atoms with E-state index in [4.69, 9.17) is 5.11 Å². The number of pyridine rings is 1. The van der Waals surface area contributed by atoms with Crippen molar-refractivity contribution in [2.45, 2.75) is 19.2 Å². The second-order valence-corrected chi connectivity index (χ2v) is 3.44. The Bertz CT molecular complexity index is 503. The molecule has 0 bridgehead atoms. The van der Waals surface area contributed by atoms with Gasteiger partial charge >= 0.3 is 12.3 Å². The lowest BCUT2D eigenvalue weighted by molar-refractivity contribution is -0.275. The van der Waals surface area contributed by atoms with E-state index in [1.165, 1.54) is 0 Å². The molecule has 0 saturated carbocycles. The van der Waals surface area contributed by atoms with Gasteiger partial charge in [0.25, 0.3) is 6.43 Å². The van der Waals surface area contributed by atoms with Gasteiger partial charge in [0.2, 0.25) is 0 Å². The third kappa shape index (κ3) is 3.93. The Kier molecular flexibility index (Phi) is 4.69. The molecule has 0 amide bonds. The summed E-state index contributed by atoms with van der Waals surface area (Å²) in [7, 11) is 1.03. The van der Waals surface area contributed by atoms with Crippen molar-refractivity contribution in [3.8, 4) is 11.5 Å². The molecule has 1 aromatic heterocycles. The molecule has 20 heavy (non-hydrogen) atoms. The number of rotatable bonds is 5. The SMILES string of the molecule is COc1cnc(C(F)F)c(OC(F)(F)F)c1CC(=O)O. The maximum atomic E-state index is 12.7. The summed E-state index contributed by atoms with van der Waals surface area (Å²) in [6.07, 6.45) is -8.92. The van der Waals surface area contributed by atoms with E-state index in [0.717, 1.165) is 7.11 Å². The Hall–Kier alpha value is -2.13. The van der Waals surface area contributed by atoms with Crippen molar-refractivity contribution in [1.82, 2.24) is 4.98 Å². The van der Waals surface area contributed by atoms with Gasteiger partial charge in [0.1, 0.15) is 11.4 Å². The molecule has 1 aromatic rings. The summed E-state index contributed by atoms with van der Waals surface area (Å²) in [5.74, 6) is -3.29. The number of halogens is 5. The molecule has 10 heteroatoms. The van der Waals surface area contributed by atoms with Gasteiger partial charge in [0.15, 0.2) is 5.75 Å². The van der Waals surface area contributed by atoms with Gasteiger partial charge in [-0.1, -0.05) is 0 Å². The van der Waals surface area contributed by atoms with Crippen molar-refractivity contribution in [3.63, 3.8) is 0 Å². The number of carboxylic acids is 1. The van der Waals surface area contributed by atoms with Gasteiger partial charge in [-0.25, -0.2) is 13.8 Å². The second kappa shape index (κ2) is 5.88. The van der Waals surface area contributed by atoms with Crippen molar-refractivity contribution in [2.75, 3.05) is 7.11 Å². The summed E-state index contributed by atoms with van der Waals surface area (Å²) in [6, 6.07) is 0. The van der Waals surface area contributed by atoms with E-state index in [1.54, 1.807) is 0 Å². The number of methoxy groups -OCH3 is 1. The first-order valence-electron chi connectivity index (χ1n) is 4.97. The van der Waals surface area contributed by atoms with E-state index in [2.05, 4.69) is 14.5 Å². The average molecular weight is 301 g/mol. The Labute approximate surface area is 108 Å². The van der Waals surface area contributed by atoms with Crippen molar-refractivity contribution in [2.24, 2.45) is 0 Å². The first-order valence-corrected chi connectivity index (χ1v) is 4.97. The summed E-state index contributed by atoms with van der Waals surface area (Å²) in [5.41, 5.74) is -1.97. The van der Waals surface area contributed by atoms with E-state index in [1.807, 2.05) is 0 Å². The Morgan fingerprint density at radius 3 is 2.45 bits per heavy atom. The van der Waals surface area contributed by atoms with Crippen LogP contribution in [-0.2, 0) is 11.2 Å². The number of ether oxygens (including phenoxy) is 2. The predicted molar refractivity (Wildman–Crippen MR) is 53.8 cm³/mol. The smallest absolute Gasteiger partial charge is 0.495 e. The van der Waals surface area contributed by atoms with Gasteiger partial charge in [-0.3, -0.25) is 4.79 Å². The molecule has 0 aromatic carbocycles. The molecule has 5 nitrogen and oxygen atoms in total. The van der Waals surface area contributed by atoms with Crippen LogP contribution in [0.1, 0.15) is 17.7 Å². The minimum absolute atomic E-state index is 0.393. The van der Waals surface area contributed by atoms with Gasteiger partial charge in [-0.05, 0) is 0 Å². The maximum Gasteiger partial charge on any atom is 0.573 e. The molecule has 0 saturated heterocycles. The highest BCUT2D eigenvalue weighted by molar-refractivity contribution is 5.73. The molecule has 0 fully saturated rings. The highest BCUT2D eigenvalue weighted by Gasteiger charge is 2.36. The molecule has 0 aliphatic heterocycles. The van der Waals surface area contributed by atoms with Crippen LogP contribution in [-0.4, -0.2) is 29.5 Å². The lowest BCUT2D eigenvalue weighted by Crippen LogP contribution is -2.21. The first kappa shape index (κ1) is 15.9. The Morgan fingerprint density at radius 2 is 2.05 bits per heavy atom. The Balaban J connectivity index is 3.47. The van der Waals surface area contributed by atoms with E-state index >= 15 is 0 Å². The molecule has 0 radical (unpaired) electrons. The molecule has 112 valence electrons. The van der Waals surface area contributed by atoms with Gasteiger partial charge in [-0.15, -0.1) is 13.2 Å². The predicted octanol–water partition coefficient (Wildman–Crippen LogP) is 2.55. The summed E-state index contributed by atoms with van der Waals surface area (Å²) >= 11 is 0. The van der Waals surface area contributed by atoms with E-state index in [-0.39, 0.29) is 0 Å². The van der Waals surface area contributed by atoms with Crippen LogP contribution in [0.3, 0.4) is 0 Å². The van der Waals surface area contributed by atoms with Crippen LogP contribution in [0, 0.1) is 0 Å². The summed E-state index contributed by atoms with van der Waals surface area (Å²) in [5, 5.41) is 8.64. The zero-order valence-corrected chi connectivity index (χ0v) is 9.87. The number of hydrogen-bond donors (Lipinski definition) is 1. The quantitative estimate of drug-likeness (QED) is 0.846. The van der Waals surface area contributed by atoms with Gasteiger partial charge in [0, 0.05) is 0 Å². The molecule has 0 aliphatic carbocycles. The third-order valence-corrected chi connectivity index (χ3v) is 2.10. The Morgan fingerprint density at radius 1 is 1.45 bits per heavy atom. The highest BCUT2D eigenvalue weighted by Crippen LogP contribution is 2.38. The van der Waals surface area contributed by atoms with Crippen LogP contribution >= 0.6 is 0 Å². The third-order valence-electron chi connectivity index (χ3n) is 2.10. The number of carboxylic acid groups (broad SMARTS) is 1. The van der Waals surface area contributed by atoms with E-state index < -0.39 is 47.9 Å². The highest BCUT2D eigenvalue weighted by atomic mass is 19.4. The van der Waals surface area contributed by atoms with Crippen LogP contribution in [0.5, 0.6) is 11.5 Å². The fraction of sp³-hybridized carbons (Fsp3) is 0.400. The fourth-order valence-corrected chi connectivity index (χ4v) is 1.41. The standard InChI is InChI=1S/C10H8F5NO4/c1-19-5-3-16-7(9(11)12)8(20-10(13,14)15)4(5)2-6(17)18/h3,9H,2H2,1H3,(H,17,18). The number of nitrogens with zero attached hydrogens (tertiary/aromatic N) is 1. The topological polar surface area (TPSA) is 68.7 Å². The van der Waals surface area contributed by atoms with Gasteiger partial charge in [0.05, 0.1) is 25.3 Å². The van der Waals surface area contributed by atoms with Crippen LogP contribution in [0.25, 0.3) is 0 Å². The zero-order valence-electron chi connectivity index (χ0n) is 9.87. The molecular formula is C10H8F5NO4. The minimum Gasteiger partial charge on any atom is -0.495 e. The van der Waals surface area contributed by atoms with Crippen molar-refractivity contribution >= 4 is 5.97 Å². The zero-order chi connectivity index (χ0) is 15.5. The molecule has 1 rings (SSSR count). The molecule has 0 unspecified atom stereocenters. The molecule has 1 heterocycles. The number of aliphatic carboxylic acids is 1. The van der Waals surface area contributed by atoms with Crippen molar-refractivity contribution in [1.29, 1.82) is 0 Å². The molecule has 0 atom stereocenters. The van der Waals surface area contributed by atoms with Crippen LogP contribution in [0.4, 0.5) is 22.0 Å². The summed E-state index contributed by atoms with van der Waals surface area (Å²) < 4.78 is 70.2. The number of aromatic nitrogens is 1. The van der Waals surface area contributed by atoms with Crippen LogP contribution in [0.2, 0.25) is 0 Å². The summed E-state index contributed by atoms with van der Waals surface area (Å²) in [6.45, 7) is 0. The van der Waals surface area contributed by atoms with Crippen molar-refractivity contribution < 1.29 is 41.3 Å². The maximum absolute atomic E-state index is 12.7. The van der Waals surface area contributed by atoms with Crippen LogP contribution in [0.15, 0.2) is 6.20 Å². The van der Waals surface area contributed by atoms with E-state index in [9.17, 15) is 26.7 Å². The normalized spacial score (nSPS) is 11.6. The fourth-order valence-electron chi connectivity index (χ4n) is 1.41. The first-order chi connectivity index (χ1) is 9.15. The molecular weight excluding hydrogens is 293 g/mol.